The second-order valence-corrected chi connectivity index (χ2v) is 4.25. The Hall–Kier alpha value is -2.10. The first-order valence-electron chi connectivity index (χ1n) is 6.18. The van der Waals surface area contributed by atoms with Gasteiger partial charge in [-0.2, -0.15) is 0 Å². The van der Waals surface area contributed by atoms with Crippen LogP contribution in [0.2, 0.25) is 0 Å². The molecule has 19 heavy (non-hydrogen) atoms. The summed E-state index contributed by atoms with van der Waals surface area (Å²) in [5, 5.41) is 3.02. The quantitative estimate of drug-likeness (QED) is 0.383. The van der Waals surface area contributed by atoms with Gasteiger partial charge in [0.2, 0.25) is 0 Å². The number of hydrogen-bond donors (Lipinski definition) is 1. The molecule has 4 nitrogen and oxygen atoms in total. The smallest absolute Gasteiger partial charge is 0.343 e. The molecule has 0 unspecified atom stereocenters. The van der Waals surface area contributed by atoms with Crippen LogP contribution in [0.15, 0.2) is 30.0 Å². The molecule has 1 N–H and O–H groups in total. The fourth-order valence-corrected chi connectivity index (χ4v) is 1.70. The monoisotopic (exact) mass is 261 g/mol. The summed E-state index contributed by atoms with van der Waals surface area (Å²) < 4.78 is 4.85. The number of carbonyl (C=O) groups excluding carboxylic acids is 2. The van der Waals surface area contributed by atoms with E-state index in [1.807, 2.05) is 32.0 Å². The van der Waals surface area contributed by atoms with E-state index in [1.165, 1.54) is 13.1 Å². The third kappa shape index (κ3) is 3.95. The lowest BCUT2D eigenvalue weighted by Gasteiger charge is -2.10. The Morgan fingerprint density at radius 1 is 1.26 bits per heavy atom. The second kappa shape index (κ2) is 6.73. The average molecular weight is 261 g/mol. The van der Waals surface area contributed by atoms with Crippen LogP contribution in [0.1, 0.15) is 25.0 Å². The third-order valence-corrected chi connectivity index (χ3v) is 2.72. The summed E-state index contributed by atoms with van der Waals surface area (Å²) >= 11 is 0. The van der Waals surface area contributed by atoms with Crippen molar-refractivity contribution in [2.45, 2.75) is 27.7 Å². The predicted molar refractivity (Wildman–Crippen MR) is 74.9 cm³/mol. The van der Waals surface area contributed by atoms with E-state index in [-0.39, 0.29) is 18.0 Å². The SMILES string of the molecule is CCOC(=O)/C(=C/Nc1c(C)cccc1C)C(C)=O. The molecule has 0 bridgehead atoms. The third-order valence-electron chi connectivity index (χ3n) is 2.72. The highest BCUT2D eigenvalue weighted by Gasteiger charge is 2.15. The lowest BCUT2D eigenvalue weighted by Crippen LogP contribution is -2.15. The highest BCUT2D eigenvalue weighted by atomic mass is 16.5. The summed E-state index contributed by atoms with van der Waals surface area (Å²) in [7, 11) is 0. The van der Waals surface area contributed by atoms with E-state index in [0.29, 0.717) is 0 Å². The Morgan fingerprint density at radius 2 is 1.84 bits per heavy atom. The Bertz CT molecular complexity index is 498. The summed E-state index contributed by atoms with van der Waals surface area (Å²) in [6.07, 6.45) is 1.41. The second-order valence-electron chi connectivity index (χ2n) is 4.25. The zero-order valence-corrected chi connectivity index (χ0v) is 11.7. The van der Waals surface area contributed by atoms with Crippen LogP contribution >= 0.6 is 0 Å². The molecule has 1 rings (SSSR count). The van der Waals surface area contributed by atoms with E-state index in [4.69, 9.17) is 4.74 Å². The summed E-state index contributed by atoms with van der Waals surface area (Å²) in [5.41, 5.74) is 3.00. The molecule has 1 aromatic rings. The van der Waals surface area contributed by atoms with Crippen molar-refractivity contribution in [1.29, 1.82) is 0 Å². The van der Waals surface area contributed by atoms with Gasteiger partial charge in [0.15, 0.2) is 5.78 Å². The topological polar surface area (TPSA) is 55.4 Å². The Balaban J connectivity index is 2.99. The average Bonchev–Trinajstić information content (AvgIpc) is 2.32. The van der Waals surface area contributed by atoms with Crippen LogP contribution in [0.25, 0.3) is 0 Å². The maximum atomic E-state index is 11.6. The number of anilines is 1. The molecule has 0 aromatic heterocycles. The molecular weight excluding hydrogens is 242 g/mol. The van der Waals surface area contributed by atoms with Crippen LogP contribution in [-0.4, -0.2) is 18.4 Å². The molecule has 0 saturated heterocycles. The van der Waals surface area contributed by atoms with Gasteiger partial charge in [-0.1, -0.05) is 18.2 Å². The van der Waals surface area contributed by atoms with Gasteiger partial charge in [0.1, 0.15) is 5.57 Å². The molecule has 0 heterocycles. The van der Waals surface area contributed by atoms with Crippen LogP contribution in [0, 0.1) is 13.8 Å². The van der Waals surface area contributed by atoms with Gasteiger partial charge in [-0.15, -0.1) is 0 Å². The lowest BCUT2D eigenvalue weighted by molar-refractivity contribution is -0.139. The van der Waals surface area contributed by atoms with E-state index in [0.717, 1.165) is 16.8 Å². The zero-order valence-electron chi connectivity index (χ0n) is 11.7. The van der Waals surface area contributed by atoms with Gasteiger partial charge in [-0.3, -0.25) is 4.79 Å². The number of Topliss-reactive ketones (excluding diaryl/α,β-unsaturated/α-hetero) is 1. The van der Waals surface area contributed by atoms with Crippen molar-refractivity contribution < 1.29 is 14.3 Å². The minimum atomic E-state index is -0.603. The number of aryl methyl sites for hydroxylation is 2. The minimum Gasteiger partial charge on any atom is -0.462 e. The van der Waals surface area contributed by atoms with E-state index in [9.17, 15) is 9.59 Å². The minimum absolute atomic E-state index is 0.0181. The molecule has 0 spiro atoms. The molecule has 0 radical (unpaired) electrons. The number of ketones is 1. The van der Waals surface area contributed by atoms with Gasteiger partial charge in [0.25, 0.3) is 0 Å². The normalized spacial score (nSPS) is 11.1. The van der Waals surface area contributed by atoms with E-state index in [2.05, 4.69) is 5.32 Å². The number of hydrogen-bond acceptors (Lipinski definition) is 4. The van der Waals surface area contributed by atoms with Gasteiger partial charge < -0.3 is 10.1 Å². The Labute approximate surface area is 113 Å². The lowest BCUT2D eigenvalue weighted by atomic mass is 10.1. The predicted octanol–water partition coefficient (Wildman–Crippen LogP) is 2.75. The standard InChI is InChI=1S/C15H19NO3/c1-5-19-15(18)13(12(4)17)9-16-14-10(2)7-6-8-11(14)3/h6-9,16H,5H2,1-4H3/b13-9+. The fourth-order valence-electron chi connectivity index (χ4n) is 1.70. The van der Waals surface area contributed by atoms with Crippen molar-refractivity contribution in [3.63, 3.8) is 0 Å². The summed E-state index contributed by atoms with van der Waals surface area (Å²) in [6, 6.07) is 5.87. The van der Waals surface area contributed by atoms with Crippen LogP contribution in [0.5, 0.6) is 0 Å². The number of esters is 1. The molecular formula is C15H19NO3. The zero-order chi connectivity index (χ0) is 14.4. The molecule has 0 amide bonds. The van der Waals surface area contributed by atoms with Crippen LogP contribution in [0.3, 0.4) is 0 Å². The first-order valence-corrected chi connectivity index (χ1v) is 6.18. The largest absolute Gasteiger partial charge is 0.462 e. The number of benzene rings is 1. The summed E-state index contributed by atoms with van der Waals surface area (Å²) in [5.74, 6) is -0.925. The highest BCUT2D eigenvalue weighted by Crippen LogP contribution is 2.19. The van der Waals surface area contributed by atoms with Crippen molar-refractivity contribution >= 4 is 17.4 Å². The number of para-hydroxylation sites is 1. The maximum absolute atomic E-state index is 11.6. The molecule has 1 aromatic carbocycles. The molecule has 4 heteroatoms. The summed E-state index contributed by atoms with van der Waals surface area (Å²) in [6.45, 7) is 7.21. The van der Waals surface area contributed by atoms with Gasteiger partial charge in [-0.05, 0) is 38.8 Å². The first-order chi connectivity index (χ1) is 8.97. The van der Waals surface area contributed by atoms with Crippen LogP contribution < -0.4 is 5.32 Å². The van der Waals surface area contributed by atoms with Gasteiger partial charge >= 0.3 is 5.97 Å². The number of nitrogens with one attached hydrogen (secondary N) is 1. The van der Waals surface area contributed by atoms with Gasteiger partial charge in [0, 0.05) is 11.9 Å². The molecule has 102 valence electrons. The molecule has 0 aliphatic carbocycles. The van der Waals surface area contributed by atoms with Crippen molar-refractivity contribution in [3.05, 3.63) is 41.1 Å². The number of ether oxygens (including phenoxy) is 1. The number of carbonyl (C=O) groups is 2. The van der Waals surface area contributed by atoms with E-state index < -0.39 is 5.97 Å². The van der Waals surface area contributed by atoms with E-state index >= 15 is 0 Å². The molecule has 0 fully saturated rings. The summed E-state index contributed by atoms with van der Waals surface area (Å²) in [4.78, 5) is 23.1. The first kappa shape index (κ1) is 15.0. The van der Waals surface area contributed by atoms with Crippen molar-refractivity contribution in [2.24, 2.45) is 0 Å². The van der Waals surface area contributed by atoms with Gasteiger partial charge in [-0.25, -0.2) is 4.79 Å². The maximum Gasteiger partial charge on any atom is 0.343 e. The fraction of sp³-hybridized carbons (Fsp3) is 0.333. The highest BCUT2D eigenvalue weighted by molar-refractivity contribution is 6.16. The van der Waals surface area contributed by atoms with Gasteiger partial charge in [0.05, 0.1) is 6.61 Å². The molecule has 0 saturated carbocycles. The van der Waals surface area contributed by atoms with Crippen LogP contribution in [-0.2, 0) is 14.3 Å². The number of rotatable bonds is 5. The Morgan fingerprint density at radius 3 is 2.32 bits per heavy atom. The molecule has 0 aliphatic heterocycles. The van der Waals surface area contributed by atoms with Crippen molar-refractivity contribution in [2.75, 3.05) is 11.9 Å². The molecule has 0 aliphatic rings. The van der Waals surface area contributed by atoms with Crippen LogP contribution in [0.4, 0.5) is 5.69 Å². The Kier molecular flexibility index (Phi) is 5.30. The molecule has 0 atom stereocenters. The van der Waals surface area contributed by atoms with E-state index in [1.54, 1.807) is 6.92 Å². The van der Waals surface area contributed by atoms with Crippen molar-refractivity contribution in [3.8, 4) is 0 Å². The van der Waals surface area contributed by atoms with Crippen molar-refractivity contribution in [1.82, 2.24) is 0 Å².